The number of nitrogens with zero attached hydrogens (tertiary/aromatic N) is 1. The van der Waals surface area contributed by atoms with Crippen LogP contribution in [-0.2, 0) is 11.2 Å². The van der Waals surface area contributed by atoms with Crippen LogP contribution in [0.15, 0.2) is 24.3 Å². The van der Waals surface area contributed by atoms with Gasteiger partial charge < -0.3 is 15.5 Å². The van der Waals surface area contributed by atoms with Crippen molar-refractivity contribution in [3.8, 4) is 0 Å². The number of likely N-dealkylation sites (tertiary alicyclic amines) is 1. The van der Waals surface area contributed by atoms with Crippen LogP contribution in [0.25, 0.3) is 0 Å². The number of carbonyl (C=O) groups excluding carboxylic acids is 2. The molecule has 0 spiro atoms. The monoisotopic (exact) mass is 349 g/mol. The smallest absolute Gasteiger partial charge is 0.317 e. The first kappa shape index (κ1) is 17.1. The number of piperidine rings is 1. The molecule has 24 heavy (non-hydrogen) atoms. The van der Waals surface area contributed by atoms with Gasteiger partial charge in [0.1, 0.15) is 0 Å². The normalized spacial score (nSPS) is 20.5. The average Bonchev–Trinajstić information content (AvgIpc) is 3.40. The topological polar surface area (TPSA) is 61.4 Å². The summed E-state index contributed by atoms with van der Waals surface area (Å²) in [4.78, 5) is 26.3. The summed E-state index contributed by atoms with van der Waals surface area (Å²) >= 11 is 5.87. The van der Waals surface area contributed by atoms with E-state index in [1.807, 2.05) is 24.3 Å². The minimum Gasteiger partial charge on any atom is -0.355 e. The third-order valence-corrected chi connectivity index (χ3v) is 4.86. The van der Waals surface area contributed by atoms with Crippen molar-refractivity contribution in [2.45, 2.75) is 38.1 Å². The lowest BCUT2D eigenvalue weighted by molar-refractivity contribution is -0.126. The van der Waals surface area contributed by atoms with Crippen molar-refractivity contribution in [3.05, 3.63) is 34.9 Å². The van der Waals surface area contributed by atoms with Crippen molar-refractivity contribution in [1.82, 2.24) is 15.5 Å². The average molecular weight is 350 g/mol. The molecule has 5 nitrogen and oxygen atoms in total. The van der Waals surface area contributed by atoms with Gasteiger partial charge in [0, 0.05) is 30.7 Å². The zero-order valence-electron chi connectivity index (χ0n) is 13.8. The Morgan fingerprint density at radius 1 is 1.17 bits per heavy atom. The predicted molar refractivity (Wildman–Crippen MR) is 94.0 cm³/mol. The number of carbonyl (C=O) groups is 2. The molecule has 1 atom stereocenters. The fourth-order valence-electron chi connectivity index (χ4n) is 2.99. The summed E-state index contributed by atoms with van der Waals surface area (Å²) in [6, 6.07) is 7.99. The van der Waals surface area contributed by atoms with Gasteiger partial charge in [0.2, 0.25) is 5.91 Å². The molecular formula is C18H24ClN3O2. The van der Waals surface area contributed by atoms with E-state index in [9.17, 15) is 9.59 Å². The van der Waals surface area contributed by atoms with Crippen molar-refractivity contribution in [2.24, 2.45) is 5.92 Å². The van der Waals surface area contributed by atoms with E-state index in [4.69, 9.17) is 11.6 Å². The molecule has 6 heteroatoms. The summed E-state index contributed by atoms with van der Waals surface area (Å²) in [6.07, 6.45) is 4.66. The number of benzene rings is 1. The van der Waals surface area contributed by atoms with Crippen molar-refractivity contribution in [2.75, 3.05) is 19.6 Å². The number of hydrogen-bond donors (Lipinski definition) is 2. The molecule has 1 aromatic rings. The number of amides is 3. The van der Waals surface area contributed by atoms with Crippen LogP contribution >= 0.6 is 11.6 Å². The highest BCUT2D eigenvalue weighted by Crippen LogP contribution is 2.21. The van der Waals surface area contributed by atoms with E-state index in [0.717, 1.165) is 49.2 Å². The molecule has 1 unspecified atom stereocenters. The summed E-state index contributed by atoms with van der Waals surface area (Å²) in [7, 11) is 0. The number of halogens is 1. The third-order valence-electron chi connectivity index (χ3n) is 4.61. The molecule has 1 saturated carbocycles. The van der Waals surface area contributed by atoms with Crippen molar-refractivity contribution >= 4 is 23.5 Å². The molecule has 2 aliphatic rings. The van der Waals surface area contributed by atoms with Crippen molar-refractivity contribution in [3.63, 3.8) is 0 Å². The first-order valence-electron chi connectivity index (χ1n) is 8.69. The fraction of sp³-hybridized carbons (Fsp3) is 0.556. The fourth-order valence-corrected chi connectivity index (χ4v) is 3.12. The van der Waals surface area contributed by atoms with Gasteiger partial charge in [0.05, 0.1) is 5.92 Å². The Morgan fingerprint density at radius 3 is 2.62 bits per heavy atom. The zero-order chi connectivity index (χ0) is 16.9. The second-order valence-corrected chi connectivity index (χ2v) is 7.11. The van der Waals surface area contributed by atoms with Crippen LogP contribution in [0.5, 0.6) is 0 Å². The van der Waals surface area contributed by atoms with Gasteiger partial charge in [-0.15, -0.1) is 0 Å². The van der Waals surface area contributed by atoms with Crippen LogP contribution < -0.4 is 10.6 Å². The van der Waals surface area contributed by atoms with E-state index >= 15 is 0 Å². The molecule has 2 N–H and O–H groups in total. The maximum Gasteiger partial charge on any atom is 0.317 e. The molecule has 130 valence electrons. The molecular weight excluding hydrogens is 326 g/mol. The number of urea groups is 1. The van der Waals surface area contributed by atoms with E-state index in [-0.39, 0.29) is 17.9 Å². The van der Waals surface area contributed by atoms with Crippen molar-refractivity contribution in [1.29, 1.82) is 0 Å². The van der Waals surface area contributed by atoms with Gasteiger partial charge >= 0.3 is 6.03 Å². The van der Waals surface area contributed by atoms with Crippen LogP contribution in [0.4, 0.5) is 4.79 Å². The quantitative estimate of drug-likeness (QED) is 0.858. The highest BCUT2D eigenvalue weighted by molar-refractivity contribution is 6.30. The molecule has 1 aliphatic heterocycles. The first-order chi connectivity index (χ1) is 11.6. The number of nitrogens with one attached hydrogen (secondary N) is 2. The molecule has 0 aromatic heterocycles. The largest absolute Gasteiger partial charge is 0.355 e. The Balaban J connectivity index is 1.42. The highest BCUT2D eigenvalue weighted by Gasteiger charge is 2.31. The van der Waals surface area contributed by atoms with E-state index in [0.29, 0.717) is 19.1 Å². The Hall–Kier alpha value is -1.75. The minimum absolute atomic E-state index is 0.0174. The van der Waals surface area contributed by atoms with Gasteiger partial charge in [-0.1, -0.05) is 23.7 Å². The molecule has 1 aromatic carbocycles. The second-order valence-electron chi connectivity index (χ2n) is 6.68. The van der Waals surface area contributed by atoms with E-state index in [2.05, 4.69) is 10.6 Å². The molecule has 1 saturated heterocycles. The molecule has 0 bridgehead atoms. The Labute approximate surface area is 147 Å². The maximum absolute atomic E-state index is 12.4. The second kappa shape index (κ2) is 7.88. The molecule has 2 fully saturated rings. The highest BCUT2D eigenvalue weighted by atomic mass is 35.5. The Kier molecular flexibility index (Phi) is 5.61. The maximum atomic E-state index is 12.4. The Bertz CT molecular complexity index is 586. The lowest BCUT2D eigenvalue weighted by Gasteiger charge is -2.32. The standard InChI is InChI=1S/C18H24ClN3O2/c19-15-5-3-13(4-6-15)9-10-20-17(23)14-2-1-11-22(12-14)18(24)21-16-7-8-16/h3-6,14,16H,1-2,7-12H2,(H,20,23)(H,21,24). The van der Waals surface area contributed by atoms with E-state index in [1.54, 1.807) is 4.90 Å². The SMILES string of the molecule is O=C(NCCc1ccc(Cl)cc1)C1CCCN(C(=O)NC2CC2)C1. The zero-order valence-corrected chi connectivity index (χ0v) is 14.5. The van der Waals surface area contributed by atoms with Gasteiger partial charge in [-0.3, -0.25) is 4.79 Å². The molecule has 1 heterocycles. The number of rotatable bonds is 5. The minimum atomic E-state index is -0.103. The van der Waals surface area contributed by atoms with Gasteiger partial charge in [-0.05, 0) is 49.8 Å². The molecule has 1 aliphatic carbocycles. The van der Waals surface area contributed by atoms with Crippen LogP contribution in [0.2, 0.25) is 5.02 Å². The predicted octanol–water partition coefficient (Wildman–Crippen LogP) is 2.58. The third kappa shape index (κ3) is 4.87. The van der Waals surface area contributed by atoms with E-state index < -0.39 is 0 Å². The van der Waals surface area contributed by atoms with Crippen LogP contribution in [0.3, 0.4) is 0 Å². The lowest BCUT2D eigenvalue weighted by atomic mass is 9.97. The van der Waals surface area contributed by atoms with Crippen LogP contribution in [0.1, 0.15) is 31.2 Å². The summed E-state index contributed by atoms with van der Waals surface area (Å²) < 4.78 is 0. The van der Waals surface area contributed by atoms with Gasteiger partial charge in [-0.25, -0.2) is 4.79 Å². The van der Waals surface area contributed by atoms with E-state index in [1.165, 1.54) is 0 Å². The summed E-state index contributed by atoms with van der Waals surface area (Å²) in [5.41, 5.74) is 1.15. The Morgan fingerprint density at radius 2 is 1.92 bits per heavy atom. The van der Waals surface area contributed by atoms with Crippen LogP contribution in [-0.4, -0.2) is 42.5 Å². The molecule has 3 rings (SSSR count). The first-order valence-corrected chi connectivity index (χ1v) is 9.07. The summed E-state index contributed by atoms with van der Waals surface area (Å²) in [5, 5.41) is 6.71. The van der Waals surface area contributed by atoms with Gasteiger partial charge in [0.25, 0.3) is 0 Å². The van der Waals surface area contributed by atoms with Crippen molar-refractivity contribution < 1.29 is 9.59 Å². The molecule has 3 amide bonds. The summed E-state index contributed by atoms with van der Waals surface area (Å²) in [6.45, 7) is 1.86. The summed E-state index contributed by atoms with van der Waals surface area (Å²) in [5.74, 6) is -0.0539. The van der Waals surface area contributed by atoms with Gasteiger partial charge in [-0.2, -0.15) is 0 Å². The van der Waals surface area contributed by atoms with Crippen LogP contribution in [0, 0.1) is 5.92 Å². The molecule has 0 radical (unpaired) electrons. The van der Waals surface area contributed by atoms with Gasteiger partial charge in [0.15, 0.2) is 0 Å². The number of hydrogen-bond acceptors (Lipinski definition) is 2. The lowest BCUT2D eigenvalue weighted by Crippen LogP contribution is -2.49.